The number of rotatable bonds is 1. The van der Waals surface area contributed by atoms with Crippen molar-refractivity contribution >= 4 is 22.7 Å². The highest BCUT2D eigenvalue weighted by atomic mass is 35.5. The van der Waals surface area contributed by atoms with Gasteiger partial charge in [-0.15, -0.1) is 0 Å². The fourth-order valence-electron chi connectivity index (χ4n) is 1.75. The van der Waals surface area contributed by atoms with E-state index in [9.17, 15) is 8.78 Å². The van der Waals surface area contributed by atoms with Crippen LogP contribution < -0.4 is 0 Å². The van der Waals surface area contributed by atoms with Crippen LogP contribution in [0, 0.1) is 11.6 Å². The van der Waals surface area contributed by atoms with Crippen LogP contribution in [0.4, 0.5) is 8.78 Å². The van der Waals surface area contributed by atoms with Gasteiger partial charge in [0.05, 0.1) is 5.02 Å². The topological polar surface area (TPSA) is 26.0 Å². The molecular formula is C13H6ClF2NO. The molecular weight excluding hydrogens is 260 g/mol. The van der Waals surface area contributed by atoms with Gasteiger partial charge < -0.3 is 4.42 Å². The Labute approximate surface area is 106 Å². The van der Waals surface area contributed by atoms with Gasteiger partial charge in [-0.2, -0.15) is 0 Å². The van der Waals surface area contributed by atoms with Gasteiger partial charge in [0, 0.05) is 23.9 Å². The van der Waals surface area contributed by atoms with Gasteiger partial charge in [-0.1, -0.05) is 11.6 Å². The van der Waals surface area contributed by atoms with E-state index in [1.54, 1.807) is 12.1 Å². The Bertz CT molecular complexity index is 719. The van der Waals surface area contributed by atoms with Crippen molar-refractivity contribution in [1.82, 2.24) is 4.98 Å². The van der Waals surface area contributed by atoms with Crippen LogP contribution in [0.25, 0.3) is 22.4 Å². The zero-order valence-corrected chi connectivity index (χ0v) is 9.71. The largest absolute Gasteiger partial charge is 0.453 e. The molecule has 0 bridgehead atoms. The summed E-state index contributed by atoms with van der Waals surface area (Å²) < 4.78 is 31.7. The molecule has 0 aliphatic heterocycles. The molecule has 3 aromatic rings. The Morgan fingerprint density at radius 1 is 1.06 bits per heavy atom. The van der Waals surface area contributed by atoms with Crippen LogP contribution in [0.2, 0.25) is 5.02 Å². The summed E-state index contributed by atoms with van der Waals surface area (Å²) in [5.74, 6) is -1.00. The van der Waals surface area contributed by atoms with Crippen molar-refractivity contribution in [3.05, 3.63) is 53.2 Å². The molecule has 18 heavy (non-hydrogen) atoms. The molecule has 90 valence electrons. The number of halogens is 3. The molecule has 0 saturated carbocycles. The number of nitrogens with zero attached hydrogens (tertiary/aromatic N) is 1. The Morgan fingerprint density at radius 2 is 1.78 bits per heavy atom. The van der Waals surface area contributed by atoms with Gasteiger partial charge in [-0.05, 0) is 18.2 Å². The number of benzene rings is 1. The van der Waals surface area contributed by atoms with Gasteiger partial charge in [-0.25, -0.2) is 8.78 Å². The van der Waals surface area contributed by atoms with Crippen molar-refractivity contribution in [2.75, 3.05) is 0 Å². The predicted octanol–water partition coefficient (Wildman–Crippen LogP) is 4.43. The quantitative estimate of drug-likeness (QED) is 0.651. The van der Waals surface area contributed by atoms with Crippen molar-refractivity contribution in [2.24, 2.45) is 0 Å². The fraction of sp³-hybridized carbons (Fsp3) is 0. The average molecular weight is 266 g/mol. The monoisotopic (exact) mass is 265 g/mol. The molecule has 0 aliphatic carbocycles. The van der Waals surface area contributed by atoms with Gasteiger partial charge in [-0.3, -0.25) is 4.98 Å². The number of fused-ring (bicyclic) bond motifs is 1. The zero-order valence-electron chi connectivity index (χ0n) is 8.95. The molecule has 2 aromatic heterocycles. The van der Waals surface area contributed by atoms with E-state index < -0.39 is 11.6 Å². The van der Waals surface area contributed by atoms with Crippen LogP contribution in [0.15, 0.2) is 40.9 Å². The van der Waals surface area contributed by atoms with Crippen molar-refractivity contribution < 1.29 is 13.2 Å². The number of furan rings is 1. The molecule has 1 aromatic carbocycles. The summed E-state index contributed by atoms with van der Waals surface area (Å²) in [5, 5.41) is 0.406. The first kappa shape index (κ1) is 11.2. The molecule has 0 unspecified atom stereocenters. The Balaban J connectivity index is 2.22. The normalized spacial score (nSPS) is 11.1. The first-order valence-electron chi connectivity index (χ1n) is 5.14. The maximum atomic E-state index is 13.1. The van der Waals surface area contributed by atoms with Crippen LogP contribution in [0.5, 0.6) is 0 Å². The lowest BCUT2D eigenvalue weighted by molar-refractivity contribution is 0.580. The minimum absolute atomic E-state index is 0.307. The fourth-order valence-corrected chi connectivity index (χ4v) is 1.94. The van der Waals surface area contributed by atoms with E-state index in [0.717, 1.165) is 6.07 Å². The maximum absolute atomic E-state index is 13.1. The van der Waals surface area contributed by atoms with E-state index in [2.05, 4.69) is 4.98 Å². The molecule has 3 rings (SSSR count). The van der Waals surface area contributed by atoms with Gasteiger partial charge in [0.1, 0.15) is 22.9 Å². The summed E-state index contributed by atoms with van der Waals surface area (Å²) in [4.78, 5) is 4.07. The van der Waals surface area contributed by atoms with Gasteiger partial charge in [0.2, 0.25) is 0 Å². The number of hydrogen-bond donors (Lipinski definition) is 0. The second-order valence-electron chi connectivity index (χ2n) is 3.78. The summed E-state index contributed by atoms with van der Waals surface area (Å²) >= 11 is 5.94. The molecule has 2 nitrogen and oxygen atoms in total. The Morgan fingerprint density at radius 3 is 2.44 bits per heavy atom. The molecule has 0 atom stereocenters. The van der Waals surface area contributed by atoms with E-state index in [1.807, 2.05) is 0 Å². The molecule has 0 radical (unpaired) electrons. The molecule has 0 amide bonds. The smallest absolute Gasteiger partial charge is 0.171 e. The maximum Gasteiger partial charge on any atom is 0.171 e. The summed E-state index contributed by atoms with van der Waals surface area (Å²) in [5.41, 5.74) is 1.25. The number of aromatic nitrogens is 1. The van der Waals surface area contributed by atoms with Crippen LogP contribution in [0.1, 0.15) is 0 Å². The summed E-state index contributed by atoms with van der Waals surface area (Å²) in [7, 11) is 0. The van der Waals surface area contributed by atoms with E-state index in [-0.39, 0.29) is 0 Å². The lowest BCUT2D eigenvalue weighted by Crippen LogP contribution is -1.81. The SMILES string of the molecule is Fc1cc(F)cc(-c2cc3nccc(Cl)c3o2)c1. The van der Waals surface area contributed by atoms with E-state index >= 15 is 0 Å². The van der Waals surface area contributed by atoms with E-state index in [4.69, 9.17) is 16.0 Å². The molecule has 5 heteroatoms. The highest BCUT2D eigenvalue weighted by Crippen LogP contribution is 2.31. The van der Waals surface area contributed by atoms with Crippen LogP contribution in [0.3, 0.4) is 0 Å². The van der Waals surface area contributed by atoms with Crippen molar-refractivity contribution in [3.63, 3.8) is 0 Å². The van der Waals surface area contributed by atoms with Gasteiger partial charge in [0.15, 0.2) is 5.58 Å². The first-order valence-corrected chi connectivity index (χ1v) is 5.52. The zero-order chi connectivity index (χ0) is 12.7. The van der Waals surface area contributed by atoms with Gasteiger partial charge in [0.25, 0.3) is 0 Å². The predicted molar refractivity (Wildman–Crippen MR) is 64.4 cm³/mol. The summed E-state index contributed by atoms with van der Waals surface area (Å²) in [6, 6.07) is 6.36. The second-order valence-corrected chi connectivity index (χ2v) is 4.18. The molecule has 2 heterocycles. The lowest BCUT2D eigenvalue weighted by atomic mass is 10.1. The third-order valence-electron chi connectivity index (χ3n) is 2.51. The van der Waals surface area contributed by atoms with Crippen molar-refractivity contribution in [3.8, 4) is 11.3 Å². The molecule has 0 spiro atoms. The highest BCUT2D eigenvalue weighted by molar-refractivity contribution is 6.34. The summed E-state index contributed by atoms with van der Waals surface area (Å²) in [6.45, 7) is 0. The highest BCUT2D eigenvalue weighted by Gasteiger charge is 2.11. The van der Waals surface area contributed by atoms with E-state index in [1.165, 1.54) is 18.3 Å². The van der Waals surface area contributed by atoms with Crippen molar-refractivity contribution in [2.45, 2.75) is 0 Å². The van der Waals surface area contributed by atoms with Crippen LogP contribution in [-0.2, 0) is 0 Å². The minimum atomic E-state index is -0.662. The third-order valence-corrected chi connectivity index (χ3v) is 2.81. The second kappa shape index (κ2) is 4.07. The van der Waals surface area contributed by atoms with E-state index in [0.29, 0.717) is 27.4 Å². The Hall–Kier alpha value is -1.94. The Kier molecular flexibility index (Phi) is 2.52. The lowest BCUT2D eigenvalue weighted by Gasteiger charge is -1.97. The third kappa shape index (κ3) is 1.84. The summed E-state index contributed by atoms with van der Waals surface area (Å²) in [6.07, 6.45) is 1.54. The average Bonchev–Trinajstić information content (AvgIpc) is 2.73. The van der Waals surface area contributed by atoms with Gasteiger partial charge >= 0.3 is 0 Å². The number of hydrogen-bond acceptors (Lipinski definition) is 2. The first-order chi connectivity index (χ1) is 8.63. The molecule has 0 saturated heterocycles. The van der Waals surface area contributed by atoms with Crippen LogP contribution in [-0.4, -0.2) is 4.98 Å². The molecule has 0 fully saturated rings. The minimum Gasteiger partial charge on any atom is -0.453 e. The molecule has 0 N–H and O–H groups in total. The van der Waals surface area contributed by atoms with Crippen LogP contribution >= 0.6 is 11.6 Å². The van der Waals surface area contributed by atoms with Crippen molar-refractivity contribution in [1.29, 1.82) is 0 Å². The number of pyridine rings is 1. The molecule has 0 aliphatic rings. The standard InChI is InChI=1S/C13H6ClF2NO/c14-10-1-2-17-11-6-12(18-13(10)11)7-3-8(15)5-9(16)4-7/h1-6H.